The summed E-state index contributed by atoms with van der Waals surface area (Å²) in [7, 11) is 0. The highest BCUT2D eigenvalue weighted by Crippen LogP contribution is 2.22. The molecule has 1 unspecified atom stereocenters. The lowest BCUT2D eigenvalue weighted by atomic mass is 10.1. The lowest BCUT2D eigenvalue weighted by Crippen LogP contribution is -2.02. The standard InChI is InChI=1S/C11H15NO2S/c1-8(13)4-10-6-12-11(15-10)5-9-2-3-14-7-9/h6,9H,2-5,7H2,1H3. The van der Waals surface area contributed by atoms with Gasteiger partial charge in [-0.2, -0.15) is 0 Å². The number of thiazole rings is 1. The van der Waals surface area contributed by atoms with Gasteiger partial charge in [-0.15, -0.1) is 11.3 Å². The Morgan fingerprint density at radius 1 is 1.73 bits per heavy atom. The third-order valence-electron chi connectivity index (χ3n) is 2.51. The second-order valence-electron chi connectivity index (χ2n) is 4.03. The largest absolute Gasteiger partial charge is 0.381 e. The molecule has 2 rings (SSSR count). The molecule has 0 amide bonds. The molecule has 0 aromatic carbocycles. The van der Waals surface area contributed by atoms with E-state index in [1.54, 1.807) is 18.3 Å². The topological polar surface area (TPSA) is 39.2 Å². The molecule has 1 aromatic heterocycles. The summed E-state index contributed by atoms with van der Waals surface area (Å²) in [6.07, 6.45) is 4.50. The lowest BCUT2D eigenvalue weighted by molar-refractivity contribution is -0.116. The van der Waals surface area contributed by atoms with Crippen molar-refractivity contribution in [3.05, 3.63) is 16.1 Å². The van der Waals surface area contributed by atoms with E-state index in [-0.39, 0.29) is 5.78 Å². The third-order valence-corrected chi connectivity index (χ3v) is 3.53. The number of hydrogen-bond acceptors (Lipinski definition) is 4. The monoisotopic (exact) mass is 225 g/mol. The summed E-state index contributed by atoms with van der Waals surface area (Å²) in [6.45, 7) is 3.36. The summed E-state index contributed by atoms with van der Waals surface area (Å²) in [4.78, 5) is 16.3. The molecule has 1 aliphatic rings. The van der Waals surface area contributed by atoms with Crippen LogP contribution in [0.3, 0.4) is 0 Å². The number of nitrogens with zero attached hydrogens (tertiary/aromatic N) is 1. The van der Waals surface area contributed by atoms with Crippen molar-refractivity contribution in [2.45, 2.75) is 26.2 Å². The molecular formula is C11H15NO2S. The molecule has 3 nitrogen and oxygen atoms in total. The molecule has 0 bridgehead atoms. The number of carbonyl (C=O) groups excluding carboxylic acids is 1. The molecular weight excluding hydrogens is 210 g/mol. The summed E-state index contributed by atoms with van der Waals surface area (Å²) in [5, 5.41) is 1.14. The first kappa shape index (κ1) is 10.8. The Kier molecular flexibility index (Phi) is 3.49. The molecule has 0 saturated carbocycles. The number of ether oxygens (including phenoxy) is 1. The van der Waals surface area contributed by atoms with E-state index in [9.17, 15) is 4.79 Å². The van der Waals surface area contributed by atoms with Gasteiger partial charge in [-0.05, 0) is 19.3 Å². The van der Waals surface area contributed by atoms with Crippen LogP contribution in [0.2, 0.25) is 0 Å². The average molecular weight is 225 g/mol. The molecule has 4 heteroatoms. The van der Waals surface area contributed by atoms with Gasteiger partial charge in [0.05, 0.1) is 5.01 Å². The molecule has 0 aliphatic carbocycles. The van der Waals surface area contributed by atoms with Crippen molar-refractivity contribution in [1.29, 1.82) is 0 Å². The summed E-state index contributed by atoms with van der Waals surface area (Å²) >= 11 is 1.66. The normalized spacial score (nSPS) is 20.7. The number of ketones is 1. The van der Waals surface area contributed by atoms with Crippen LogP contribution in [-0.2, 0) is 22.4 Å². The molecule has 0 N–H and O–H groups in total. The van der Waals surface area contributed by atoms with E-state index < -0.39 is 0 Å². The molecule has 15 heavy (non-hydrogen) atoms. The Balaban J connectivity index is 1.91. The minimum Gasteiger partial charge on any atom is -0.381 e. The fourth-order valence-corrected chi connectivity index (χ4v) is 2.87. The maximum atomic E-state index is 10.9. The van der Waals surface area contributed by atoms with Crippen LogP contribution in [0.25, 0.3) is 0 Å². The summed E-state index contributed by atoms with van der Waals surface area (Å²) in [6, 6.07) is 0. The number of rotatable bonds is 4. The molecule has 1 aromatic rings. The number of Topliss-reactive ketones (excluding diaryl/α,β-unsaturated/α-hetero) is 1. The second kappa shape index (κ2) is 4.86. The molecule has 0 radical (unpaired) electrons. The van der Waals surface area contributed by atoms with Gasteiger partial charge in [0.15, 0.2) is 0 Å². The molecule has 82 valence electrons. The number of aromatic nitrogens is 1. The second-order valence-corrected chi connectivity index (χ2v) is 5.23. The van der Waals surface area contributed by atoms with Crippen LogP contribution >= 0.6 is 11.3 Å². The number of carbonyl (C=O) groups is 1. The van der Waals surface area contributed by atoms with Crippen molar-refractivity contribution in [2.24, 2.45) is 5.92 Å². The van der Waals surface area contributed by atoms with E-state index >= 15 is 0 Å². The molecule has 2 heterocycles. The van der Waals surface area contributed by atoms with E-state index in [0.29, 0.717) is 12.3 Å². The van der Waals surface area contributed by atoms with Crippen LogP contribution in [0.15, 0.2) is 6.20 Å². The van der Waals surface area contributed by atoms with E-state index in [2.05, 4.69) is 4.98 Å². The van der Waals surface area contributed by atoms with Crippen LogP contribution < -0.4 is 0 Å². The van der Waals surface area contributed by atoms with Crippen LogP contribution in [-0.4, -0.2) is 24.0 Å². The highest BCUT2D eigenvalue weighted by molar-refractivity contribution is 7.11. The smallest absolute Gasteiger partial charge is 0.135 e. The van der Waals surface area contributed by atoms with Gasteiger partial charge in [-0.1, -0.05) is 0 Å². The predicted molar refractivity (Wildman–Crippen MR) is 59.1 cm³/mol. The zero-order chi connectivity index (χ0) is 10.7. The van der Waals surface area contributed by atoms with Crippen LogP contribution in [0, 0.1) is 5.92 Å². The molecule has 1 aliphatic heterocycles. The molecule has 1 atom stereocenters. The SMILES string of the molecule is CC(=O)Cc1cnc(CC2CCOC2)s1. The van der Waals surface area contributed by atoms with Gasteiger partial charge in [-0.25, -0.2) is 4.98 Å². The van der Waals surface area contributed by atoms with Crippen LogP contribution in [0.4, 0.5) is 0 Å². The van der Waals surface area contributed by atoms with Gasteiger partial charge in [0, 0.05) is 37.1 Å². The summed E-state index contributed by atoms with van der Waals surface area (Å²) in [5.41, 5.74) is 0. The zero-order valence-electron chi connectivity index (χ0n) is 8.86. The van der Waals surface area contributed by atoms with Crippen molar-refractivity contribution in [2.75, 3.05) is 13.2 Å². The Morgan fingerprint density at radius 2 is 2.60 bits per heavy atom. The van der Waals surface area contributed by atoms with Gasteiger partial charge in [-0.3, -0.25) is 4.79 Å². The van der Waals surface area contributed by atoms with Crippen molar-refractivity contribution in [1.82, 2.24) is 4.98 Å². The first-order valence-electron chi connectivity index (χ1n) is 5.25. The van der Waals surface area contributed by atoms with E-state index in [4.69, 9.17) is 4.74 Å². The van der Waals surface area contributed by atoms with Crippen molar-refractivity contribution >= 4 is 17.1 Å². The van der Waals surface area contributed by atoms with E-state index in [1.807, 2.05) is 6.20 Å². The summed E-state index contributed by atoms with van der Waals surface area (Å²) in [5.74, 6) is 0.829. The number of hydrogen-bond donors (Lipinski definition) is 0. The lowest BCUT2D eigenvalue weighted by Gasteiger charge is -2.02. The first-order chi connectivity index (χ1) is 7.24. The predicted octanol–water partition coefficient (Wildman–Crippen LogP) is 1.85. The van der Waals surface area contributed by atoms with Gasteiger partial charge in [0.1, 0.15) is 5.78 Å². The Bertz CT molecular complexity index is 342. The minimum absolute atomic E-state index is 0.203. The third kappa shape index (κ3) is 3.11. The zero-order valence-corrected chi connectivity index (χ0v) is 9.68. The van der Waals surface area contributed by atoms with Gasteiger partial charge < -0.3 is 4.74 Å². The molecule has 0 spiro atoms. The Labute approximate surface area is 93.5 Å². The maximum Gasteiger partial charge on any atom is 0.135 e. The highest BCUT2D eigenvalue weighted by atomic mass is 32.1. The van der Waals surface area contributed by atoms with Crippen molar-refractivity contribution in [3.8, 4) is 0 Å². The van der Waals surface area contributed by atoms with Crippen LogP contribution in [0.5, 0.6) is 0 Å². The maximum absolute atomic E-state index is 10.9. The fraction of sp³-hybridized carbons (Fsp3) is 0.636. The summed E-state index contributed by atoms with van der Waals surface area (Å²) < 4.78 is 5.32. The van der Waals surface area contributed by atoms with E-state index in [1.165, 1.54) is 0 Å². The molecule has 1 saturated heterocycles. The quantitative estimate of drug-likeness (QED) is 0.785. The van der Waals surface area contributed by atoms with Gasteiger partial charge in [0.25, 0.3) is 0 Å². The van der Waals surface area contributed by atoms with Crippen molar-refractivity contribution < 1.29 is 9.53 Å². The van der Waals surface area contributed by atoms with Gasteiger partial charge in [0.2, 0.25) is 0 Å². The Morgan fingerprint density at radius 3 is 3.27 bits per heavy atom. The molecule has 1 fully saturated rings. The first-order valence-corrected chi connectivity index (χ1v) is 6.06. The fourth-order valence-electron chi connectivity index (χ4n) is 1.76. The van der Waals surface area contributed by atoms with Crippen LogP contribution in [0.1, 0.15) is 23.2 Å². The average Bonchev–Trinajstić information content (AvgIpc) is 2.77. The Hall–Kier alpha value is -0.740. The van der Waals surface area contributed by atoms with Gasteiger partial charge >= 0.3 is 0 Å². The van der Waals surface area contributed by atoms with E-state index in [0.717, 1.165) is 35.9 Å². The minimum atomic E-state index is 0.203. The highest BCUT2D eigenvalue weighted by Gasteiger charge is 2.17. The van der Waals surface area contributed by atoms with Crippen molar-refractivity contribution in [3.63, 3.8) is 0 Å².